The Kier molecular flexibility index (Phi) is 5.23. The summed E-state index contributed by atoms with van der Waals surface area (Å²) >= 11 is 5.89. The van der Waals surface area contributed by atoms with Gasteiger partial charge in [0.25, 0.3) is 5.91 Å². The number of hydrogen-bond acceptors (Lipinski definition) is 4. The average Bonchev–Trinajstić information content (AvgIpc) is 2.56. The molecule has 0 heterocycles. The van der Waals surface area contributed by atoms with E-state index in [4.69, 9.17) is 16.3 Å². The van der Waals surface area contributed by atoms with E-state index in [0.717, 1.165) is 0 Å². The van der Waals surface area contributed by atoms with Crippen LogP contribution in [0.5, 0.6) is 11.5 Å². The number of ether oxygens (including phenoxy) is 1. The first-order valence-electron chi connectivity index (χ1n) is 6.60. The fourth-order valence-corrected chi connectivity index (χ4v) is 2.09. The van der Waals surface area contributed by atoms with E-state index in [2.05, 4.69) is 5.32 Å². The Morgan fingerprint density at radius 2 is 2.04 bits per heavy atom. The van der Waals surface area contributed by atoms with E-state index in [-0.39, 0.29) is 22.1 Å². The van der Waals surface area contributed by atoms with Crippen LogP contribution < -0.4 is 10.1 Å². The lowest BCUT2D eigenvalue weighted by atomic mass is 10.1. The molecule has 2 N–H and O–H groups in total. The number of anilines is 1. The van der Waals surface area contributed by atoms with Gasteiger partial charge in [-0.15, -0.1) is 0 Å². The van der Waals surface area contributed by atoms with Gasteiger partial charge in [0.2, 0.25) is 0 Å². The van der Waals surface area contributed by atoms with Crippen molar-refractivity contribution in [1.29, 1.82) is 5.26 Å². The van der Waals surface area contributed by atoms with Crippen LogP contribution in [0.2, 0.25) is 5.02 Å². The summed E-state index contributed by atoms with van der Waals surface area (Å²) in [6, 6.07) is 13.6. The summed E-state index contributed by atoms with van der Waals surface area (Å²) < 4.78 is 4.99. The van der Waals surface area contributed by atoms with Crippen LogP contribution in [-0.4, -0.2) is 18.1 Å². The van der Waals surface area contributed by atoms with Crippen LogP contribution in [0.1, 0.15) is 5.56 Å². The molecule has 0 saturated carbocycles. The molecule has 23 heavy (non-hydrogen) atoms. The number of aromatic hydroxyl groups is 1. The SMILES string of the molecule is COc1cc(/C=C(\C#N)C(=O)Nc2ccccc2)cc(Cl)c1O. The van der Waals surface area contributed by atoms with Gasteiger partial charge in [0.05, 0.1) is 12.1 Å². The van der Waals surface area contributed by atoms with Crippen LogP contribution in [0.4, 0.5) is 5.69 Å². The van der Waals surface area contributed by atoms with Crippen molar-refractivity contribution in [2.24, 2.45) is 0 Å². The number of methoxy groups -OCH3 is 1. The molecule has 116 valence electrons. The minimum absolute atomic E-state index is 0.0661. The third-order valence-corrected chi connectivity index (χ3v) is 3.27. The van der Waals surface area contributed by atoms with Crippen LogP contribution in [0.3, 0.4) is 0 Å². The molecule has 6 heteroatoms. The lowest BCUT2D eigenvalue weighted by Gasteiger charge is -2.07. The van der Waals surface area contributed by atoms with Crippen molar-refractivity contribution in [2.45, 2.75) is 0 Å². The zero-order valence-electron chi connectivity index (χ0n) is 12.2. The van der Waals surface area contributed by atoms with Gasteiger partial charge < -0.3 is 15.2 Å². The Hall–Kier alpha value is -2.97. The highest BCUT2D eigenvalue weighted by molar-refractivity contribution is 6.32. The number of para-hydroxylation sites is 1. The second kappa shape index (κ2) is 7.34. The molecule has 0 aliphatic rings. The number of amides is 1. The minimum atomic E-state index is -0.540. The maximum atomic E-state index is 12.1. The lowest BCUT2D eigenvalue weighted by Crippen LogP contribution is -2.13. The van der Waals surface area contributed by atoms with Crippen molar-refractivity contribution >= 4 is 29.3 Å². The van der Waals surface area contributed by atoms with Crippen molar-refractivity contribution in [3.8, 4) is 17.6 Å². The molecular weight excluding hydrogens is 316 g/mol. The van der Waals surface area contributed by atoms with E-state index < -0.39 is 5.91 Å². The molecule has 1 amide bonds. The number of nitriles is 1. The highest BCUT2D eigenvalue weighted by Gasteiger charge is 2.12. The highest BCUT2D eigenvalue weighted by atomic mass is 35.5. The first-order chi connectivity index (χ1) is 11.0. The second-order valence-corrected chi connectivity index (χ2v) is 4.95. The zero-order valence-corrected chi connectivity index (χ0v) is 13.0. The number of carbonyl (C=O) groups is 1. The number of rotatable bonds is 4. The minimum Gasteiger partial charge on any atom is -0.503 e. The molecule has 5 nitrogen and oxygen atoms in total. The normalized spacial score (nSPS) is 10.7. The molecule has 0 saturated heterocycles. The average molecular weight is 329 g/mol. The van der Waals surface area contributed by atoms with Crippen molar-refractivity contribution in [1.82, 2.24) is 0 Å². The molecule has 0 aromatic heterocycles. The maximum absolute atomic E-state index is 12.1. The summed E-state index contributed by atoms with van der Waals surface area (Å²) in [6.45, 7) is 0. The van der Waals surface area contributed by atoms with Crippen LogP contribution >= 0.6 is 11.6 Å². The molecule has 0 radical (unpaired) electrons. The molecule has 0 aliphatic heterocycles. The number of nitrogens with one attached hydrogen (secondary N) is 1. The van der Waals surface area contributed by atoms with Crippen molar-refractivity contribution < 1.29 is 14.6 Å². The molecular formula is C17H13ClN2O3. The Bertz CT molecular complexity index is 795. The lowest BCUT2D eigenvalue weighted by molar-refractivity contribution is -0.112. The first kappa shape index (κ1) is 16.4. The molecule has 0 fully saturated rings. The largest absolute Gasteiger partial charge is 0.503 e. The Balaban J connectivity index is 2.30. The number of carbonyl (C=O) groups excluding carboxylic acids is 1. The number of phenols is 1. The zero-order chi connectivity index (χ0) is 16.8. The summed E-state index contributed by atoms with van der Waals surface area (Å²) in [5.74, 6) is -0.579. The van der Waals surface area contributed by atoms with Gasteiger partial charge in [-0.05, 0) is 35.9 Å². The van der Waals surface area contributed by atoms with Gasteiger partial charge in [-0.25, -0.2) is 0 Å². The molecule has 0 atom stereocenters. The van der Waals surface area contributed by atoms with Crippen molar-refractivity contribution in [3.63, 3.8) is 0 Å². The first-order valence-corrected chi connectivity index (χ1v) is 6.97. The van der Waals surface area contributed by atoms with Crippen LogP contribution in [0.25, 0.3) is 6.08 Å². The monoisotopic (exact) mass is 328 g/mol. The number of hydrogen-bond donors (Lipinski definition) is 2. The standard InChI is InChI=1S/C17H13ClN2O3/c1-23-15-9-11(8-14(18)16(15)21)7-12(10-19)17(22)20-13-5-3-2-4-6-13/h2-9,21H,1H3,(H,20,22)/b12-7+. The summed E-state index contributed by atoms with van der Waals surface area (Å²) in [6.07, 6.45) is 1.37. The Morgan fingerprint density at radius 3 is 2.65 bits per heavy atom. The Morgan fingerprint density at radius 1 is 1.35 bits per heavy atom. The van der Waals surface area contributed by atoms with E-state index in [1.54, 1.807) is 24.3 Å². The second-order valence-electron chi connectivity index (χ2n) is 4.54. The number of halogens is 1. The third kappa shape index (κ3) is 4.02. The predicted molar refractivity (Wildman–Crippen MR) is 88.3 cm³/mol. The predicted octanol–water partition coefficient (Wildman–Crippen LogP) is 3.60. The maximum Gasteiger partial charge on any atom is 0.266 e. The van der Waals surface area contributed by atoms with Crippen molar-refractivity contribution in [3.05, 3.63) is 58.6 Å². The van der Waals surface area contributed by atoms with E-state index >= 15 is 0 Å². The van der Waals surface area contributed by atoms with E-state index in [9.17, 15) is 15.2 Å². The highest BCUT2D eigenvalue weighted by Crippen LogP contribution is 2.35. The fourth-order valence-electron chi connectivity index (χ4n) is 1.87. The van der Waals surface area contributed by atoms with Crippen LogP contribution in [0, 0.1) is 11.3 Å². The van der Waals surface area contributed by atoms with E-state index in [0.29, 0.717) is 11.3 Å². The third-order valence-electron chi connectivity index (χ3n) is 2.98. The van der Waals surface area contributed by atoms with Gasteiger partial charge in [-0.2, -0.15) is 5.26 Å². The number of nitrogens with zero attached hydrogens (tertiary/aromatic N) is 1. The van der Waals surface area contributed by atoms with Crippen LogP contribution in [0.15, 0.2) is 48.0 Å². The summed E-state index contributed by atoms with van der Waals surface area (Å²) in [7, 11) is 1.38. The summed E-state index contributed by atoms with van der Waals surface area (Å²) in [5, 5.41) is 21.6. The number of benzene rings is 2. The smallest absolute Gasteiger partial charge is 0.266 e. The molecule has 0 unspecified atom stereocenters. The fraction of sp³-hybridized carbons (Fsp3) is 0.0588. The summed E-state index contributed by atoms with van der Waals surface area (Å²) in [5.41, 5.74) is 0.946. The van der Waals surface area contributed by atoms with Gasteiger partial charge in [0.1, 0.15) is 11.6 Å². The van der Waals surface area contributed by atoms with Gasteiger partial charge in [0.15, 0.2) is 11.5 Å². The van der Waals surface area contributed by atoms with Crippen molar-refractivity contribution in [2.75, 3.05) is 12.4 Å². The molecule has 0 aliphatic carbocycles. The number of phenolic OH excluding ortho intramolecular Hbond substituents is 1. The van der Waals surface area contributed by atoms with Gasteiger partial charge in [0, 0.05) is 5.69 Å². The van der Waals surface area contributed by atoms with Gasteiger partial charge in [-0.1, -0.05) is 29.8 Å². The topological polar surface area (TPSA) is 82.3 Å². The molecule has 2 aromatic carbocycles. The van der Waals surface area contributed by atoms with Gasteiger partial charge >= 0.3 is 0 Å². The molecule has 0 spiro atoms. The molecule has 2 rings (SSSR count). The van der Waals surface area contributed by atoms with E-state index in [1.807, 2.05) is 12.1 Å². The molecule has 0 bridgehead atoms. The van der Waals surface area contributed by atoms with Crippen LogP contribution in [-0.2, 0) is 4.79 Å². The van der Waals surface area contributed by atoms with E-state index in [1.165, 1.54) is 25.3 Å². The Labute approximate surface area is 138 Å². The summed E-state index contributed by atoms with van der Waals surface area (Å²) in [4.78, 5) is 12.1. The quantitative estimate of drug-likeness (QED) is 0.663. The molecule has 2 aromatic rings. The van der Waals surface area contributed by atoms with Gasteiger partial charge in [-0.3, -0.25) is 4.79 Å².